The zero-order valence-corrected chi connectivity index (χ0v) is 15.1. The molecule has 1 aromatic heterocycles. The molecule has 0 bridgehead atoms. The van der Waals surface area contributed by atoms with Crippen LogP contribution in [0.5, 0.6) is 5.88 Å². The number of aliphatic imine (C=N–C) groups is 1. The Hall–Kier alpha value is -2.27. The molecule has 3 aromatic rings. The summed E-state index contributed by atoms with van der Waals surface area (Å²) in [4.78, 5) is 7.81. The lowest BCUT2D eigenvalue weighted by Gasteiger charge is -2.07. The Morgan fingerprint density at radius 3 is 2.67 bits per heavy atom. The van der Waals surface area contributed by atoms with Gasteiger partial charge in [-0.25, -0.2) is 0 Å². The molecule has 0 unspecified atom stereocenters. The Morgan fingerprint density at radius 2 is 1.96 bits per heavy atom. The van der Waals surface area contributed by atoms with Crippen molar-refractivity contribution >= 4 is 43.9 Å². The monoisotopic (exact) mass is 385 g/mol. The fourth-order valence-corrected chi connectivity index (χ4v) is 3.00. The lowest BCUT2D eigenvalue weighted by atomic mass is 10.0. The first kappa shape index (κ1) is 16.6. The molecular formula is C19H20BrN3O. The number of hydrogen-bond donors (Lipinski definition) is 3. The zero-order chi connectivity index (χ0) is 17.1. The number of H-pyrrole nitrogens is 1. The molecule has 0 aliphatic carbocycles. The molecular weight excluding hydrogens is 366 g/mol. The summed E-state index contributed by atoms with van der Waals surface area (Å²) in [7, 11) is 0. The molecule has 0 saturated heterocycles. The average Bonchev–Trinajstić information content (AvgIpc) is 2.88. The first-order valence-electron chi connectivity index (χ1n) is 8.02. The highest BCUT2D eigenvalue weighted by Gasteiger charge is 2.16. The third-order valence-electron chi connectivity index (χ3n) is 3.95. The van der Waals surface area contributed by atoms with Gasteiger partial charge < -0.3 is 15.8 Å². The third kappa shape index (κ3) is 3.46. The van der Waals surface area contributed by atoms with E-state index in [0.717, 1.165) is 51.6 Å². The number of nitrogen functional groups attached to an aromatic ring is 1. The number of rotatable bonds is 5. The smallest absolute Gasteiger partial charge is 0.198 e. The van der Waals surface area contributed by atoms with Gasteiger partial charge in [-0.15, -0.1) is 0 Å². The molecule has 124 valence electrons. The number of fused-ring (bicyclic) bond motifs is 1. The minimum Gasteiger partial charge on any atom is -0.494 e. The van der Waals surface area contributed by atoms with Crippen molar-refractivity contribution in [2.24, 2.45) is 4.99 Å². The summed E-state index contributed by atoms with van der Waals surface area (Å²) in [6, 6.07) is 13.4. The van der Waals surface area contributed by atoms with E-state index < -0.39 is 0 Å². The minimum absolute atomic E-state index is 0.141. The van der Waals surface area contributed by atoms with E-state index in [2.05, 4.69) is 27.8 Å². The van der Waals surface area contributed by atoms with Gasteiger partial charge in [-0.05, 0) is 55.3 Å². The molecule has 2 aromatic carbocycles. The average molecular weight is 386 g/mol. The number of benzene rings is 2. The number of anilines is 1. The van der Waals surface area contributed by atoms with E-state index >= 15 is 0 Å². The number of aromatic nitrogens is 1. The Balaban J connectivity index is 2.14. The quantitative estimate of drug-likeness (QED) is 0.398. The minimum atomic E-state index is 0.141. The van der Waals surface area contributed by atoms with Crippen LogP contribution in [-0.2, 0) is 0 Å². The molecule has 0 saturated carbocycles. The van der Waals surface area contributed by atoms with Gasteiger partial charge in [-0.3, -0.25) is 4.99 Å². The van der Waals surface area contributed by atoms with Crippen molar-refractivity contribution in [2.75, 3.05) is 5.73 Å². The van der Waals surface area contributed by atoms with Crippen LogP contribution in [-0.4, -0.2) is 15.8 Å². The van der Waals surface area contributed by atoms with Crippen molar-refractivity contribution in [3.63, 3.8) is 0 Å². The molecule has 0 spiro atoms. The summed E-state index contributed by atoms with van der Waals surface area (Å²) < 4.78 is 1.01. The number of nitrogens with zero attached hydrogens (tertiary/aromatic N) is 1. The number of hydrogen-bond acceptors (Lipinski definition) is 3. The highest BCUT2D eigenvalue weighted by Crippen LogP contribution is 2.32. The van der Waals surface area contributed by atoms with Crippen LogP contribution >= 0.6 is 15.9 Å². The van der Waals surface area contributed by atoms with Gasteiger partial charge in [0.25, 0.3) is 0 Å². The van der Waals surface area contributed by atoms with Crippen molar-refractivity contribution in [1.29, 1.82) is 0 Å². The summed E-state index contributed by atoms with van der Waals surface area (Å²) in [6.45, 7) is 2.14. The van der Waals surface area contributed by atoms with Crippen molar-refractivity contribution in [3.05, 3.63) is 52.5 Å². The Morgan fingerprint density at radius 1 is 1.21 bits per heavy atom. The first-order valence-corrected chi connectivity index (χ1v) is 8.81. The summed E-state index contributed by atoms with van der Waals surface area (Å²) in [5, 5.41) is 11.3. The molecule has 1 heterocycles. The molecule has 0 amide bonds. The number of aromatic hydroxyl groups is 1. The largest absolute Gasteiger partial charge is 0.494 e. The molecule has 0 atom stereocenters. The Kier molecular flexibility index (Phi) is 4.90. The molecule has 0 radical (unpaired) electrons. The molecule has 0 aliphatic heterocycles. The SMILES string of the molecule is CCCCC(=Nc1ccc(Br)cc1)c1c(O)[nH]c2ccc(N)cc12. The Labute approximate surface area is 149 Å². The third-order valence-corrected chi connectivity index (χ3v) is 4.48. The number of unbranched alkanes of at least 4 members (excludes halogenated alkanes) is 1. The molecule has 4 nitrogen and oxygen atoms in total. The standard InChI is InChI=1S/C19H20BrN3O/c1-2-3-4-17(22-14-8-5-12(20)6-9-14)18-15-11-13(21)7-10-16(15)23-19(18)24/h5-11,23-24H,2-4,21H2,1H3. The van der Waals surface area contributed by atoms with Crippen LogP contribution in [0.15, 0.2) is 51.9 Å². The fraction of sp³-hybridized carbons (Fsp3) is 0.211. The van der Waals surface area contributed by atoms with E-state index in [-0.39, 0.29) is 5.88 Å². The maximum absolute atomic E-state index is 10.4. The van der Waals surface area contributed by atoms with Gasteiger partial charge in [0.2, 0.25) is 0 Å². The molecule has 24 heavy (non-hydrogen) atoms. The van der Waals surface area contributed by atoms with Gasteiger partial charge in [0, 0.05) is 21.1 Å². The summed E-state index contributed by atoms with van der Waals surface area (Å²) in [5.74, 6) is 0.141. The maximum atomic E-state index is 10.4. The van der Waals surface area contributed by atoms with E-state index in [9.17, 15) is 5.11 Å². The molecule has 4 N–H and O–H groups in total. The van der Waals surface area contributed by atoms with Crippen LogP contribution in [0.25, 0.3) is 10.9 Å². The van der Waals surface area contributed by atoms with Crippen LogP contribution in [0.2, 0.25) is 0 Å². The molecule has 3 rings (SSSR count). The van der Waals surface area contributed by atoms with Gasteiger partial charge in [0.1, 0.15) is 0 Å². The second-order valence-electron chi connectivity index (χ2n) is 5.79. The van der Waals surface area contributed by atoms with Crippen molar-refractivity contribution in [2.45, 2.75) is 26.2 Å². The number of halogens is 1. The van der Waals surface area contributed by atoms with Gasteiger partial charge in [-0.1, -0.05) is 29.3 Å². The molecule has 0 fully saturated rings. The summed E-state index contributed by atoms with van der Waals surface area (Å²) in [6.07, 6.45) is 2.86. The van der Waals surface area contributed by atoms with Gasteiger partial charge in [0.05, 0.1) is 17.0 Å². The van der Waals surface area contributed by atoms with Crippen LogP contribution < -0.4 is 5.73 Å². The number of nitrogens with two attached hydrogens (primary N) is 1. The van der Waals surface area contributed by atoms with E-state index in [1.54, 1.807) is 0 Å². The number of nitrogens with one attached hydrogen (secondary N) is 1. The predicted octanol–water partition coefficient (Wildman–Crippen LogP) is 5.53. The lowest BCUT2D eigenvalue weighted by Crippen LogP contribution is -2.00. The van der Waals surface area contributed by atoms with Gasteiger partial charge in [-0.2, -0.15) is 0 Å². The van der Waals surface area contributed by atoms with Crippen LogP contribution in [0, 0.1) is 0 Å². The zero-order valence-electron chi connectivity index (χ0n) is 13.5. The first-order chi connectivity index (χ1) is 11.6. The normalized spacial score (nSPS) is 12.0. The fourth-order valence-electron chi connectivity index (χ4n) is 2.74. The Bertz CT molecular complexity index is 882. The second kappa shape index (κ2) is 7.09. The van der Waals surface area contributed by atoms with Gasteiger partial charge in [0.15, 0.2) is 5.88 Å². The van der Waals surface area contributed by atoms with E-state index in [1.807, 2.05) is 42.5 Å². The van der Waals surface area contributed by atoms with Crippen LogP contribution in [0.1, 0.15) is 31.7 Å². The van der Waals surface area contributed by atoms with Crippen molar-refractivity contribution in [3.8, 4) is 5.88 Å². The maximum Gasteiger partial charge on any atom is 0.198 e. The van der Waals surface area contributed by atoms with E-state index in [1.165, 1.54) is 0 Å². The predicted molar refractivity (Wildman–Crippen MR) is 104 cm³/mol. The van der Waals surface area contributed by atoms with Crippen LogP contribution in [0.4, 0.5) is 11.4 Å². The van der Waals surface area contributed by atoms with Crippen molar-refractivity contribution in [1.82, 2.24) is 4.98 Å². The van der Waals surface area contributed by atoms with Crippen LogP contribution in [0.3, 0.4) is 0 Å². The van der Waals surface area contributed by atoms with Gasteiger partial charge >= 0.3 is 0 Å². The summed E-state index contributed by atoms with van der Waals surface area (Å²) in [5.41, 5.74) is 9.93. The van der Waals surface area contributed by atoms with E-state index in [0.29, 0.717) is 5.69 Å². The van der Waals surface area contributed by atoms with E-state index in [4.69, 9.17) is 10.7 Å². The topological polar surface area (TPSA) is 74.4 Å². The molecule has 5 heteroatoms. The summed E-state index contributed by atoms with van der Waals surface area (Å²) >= 11 is 3.44. The molecule has 0 aliphatic rings. The lowest BCUT2D eigenvalue weighted by molar-refractivity contribution is 0.457. The second-order valence-corrected chi connectivity index (χ2v) is 6.71. The highest BCUT2D eigenvalue weighted by atomic mass is 79.9. The number of aromatic amines is 1. The highest BCUT2D eigenvalue weighted by molar-refractivity contribution is 9.10. The van der Waals surface area contributed by atoms with Crippen molar-refractivity contribution < 1.29 is 5.11 Å².